The lowest BCUT2D eigenvalue weighted by atomic mass is 9.94. The van der Waals surface area contributed by atoms with Gasteiger partial charge < -0.3 is 49.4 Å². The molecule has 5 N–H and O–H groups in total. The van der Waals surface area contributed by atoms with Gasteiger partial charge >= 0.3 is 23.9 Å². The largest absolute Gasteiger partial charge is 0.468 e. The molecule has 0 unspecified atom stereocenters. The average Bonchev–Trinajstić information content (AvgIpc) is 1.74. The predicted octanol–water partition coefficient (Wildman–Crippen LogP) is 6.89. The van der Waals surface area contributed by atoms with E-state index in [0.29, 0.717) is 85.7 Å². The standard InChI is InChI=1S/C22H25ClFN5O4S2.C20H20ClFN4O5S2.C18H16ClFN4O2S.C3H5ClO4S/c1-28(2)7-9-35(31,32)27-14-11-17-18(22(30)33-3)19(15-5-4-13(24)10-16(15)23)26-20(29(17)12-14)21-25-6-8-34-21;1-31-20(28)16-15-9-12(25-33(29,30)7-5-27)10-26(15)18(19-23-4-6-32-19)24-17(16)13-3-2-11(22)8-14(13)21;1-26-18(25)14-13-7-10(21)8-24(13)16(17-22-4-5-27-17)23-15(14)11-3-2-9(20)6-12(11)19;1-8-3(5)2-9(4,6)7/h4-6,8,10,14,19,27H,7,9,11-12H2,1-3H3;2-4,6,8,12,17,25,27H,5,7,9-10H2,1H3;2-6,10,15H,7-8,21H2,1H3;2H2,1H3/t14-,19-;12-,17-;10-,15-;/m000./s1. The van der Waals surface area contributed by atoms with Crippen LogP contribution in [-0.2, 0) is 67.2 Å². The van der Waals surface area contributed by atoms with Gasteiger partial charge in [-0.15, -0.1) is 34.0 Å². The molecule has 0 amide bonds. The van der Waals surface area contributed by atoms with E-state index in [1.807, 2.05) is 10.3 Å². The fourth-order valence-corrected chi connectivity index (χ4v) is 17.5. The van der Waals surface area contributed by atoms with Crippen LogP contribution in [-0.4, -0.2) is 217 Å². The molecule has 0 spiro atoms. The van der Waals surface area contributed by atoms with Crippen LogP contribution in [0.2, 0.25) is 15.1 Å². The monoisotopic (exact) mass is 1630 g/mol. The number of nitrogens with one attached hydrogen (secondary N) is 2. The van der Waals surface area contributed by atoms with Gasteiger partial charge in [-0.1, -0.05) is 53.0 Å². The van der Waals surface area contributed by atoms with Crippen molar-refractivity contribution in [2.75, 3.05) is 92.6 Å². The lowest BCUT2D eigenvalue weighted by Gasteiger charge is -2.31. The van der Waals surface area contributed by atoms with Crippen LogP contribution >= 0.6 is 79.5 Å². The SMILES string of the molecule is COC(=O)C1=C2C[C@H](N)CN2C(c2nccs2)=N[C@H]1c1ccc(F)cc1Cl.COC(=O)C1=C2C[C@H](NS(=O)(=O)CCN(C)C)CN2C(c2nccs2)=N[C@H]1c1ccc(F)cc1Cl.COC(=O)C1=C2C[C@H](NS(=O)(=O)CCO)CN2C(c2nccs2)=N[C@H]1c1ccc(F)cc1Cl.COC(=O)CS(=O)(=O)Cl. The summed E-state index contributed by atoms with van der Waals surface area (Å²) in [4.78, 5) is 83.3. The second-order valence-corrected chi connectivity index (χ2v) is 33.8. The lowest BCUT2D eigenvalue weighted by Crippen LogP contribution is -2.41. The first-order valence-corrected chi connectivity index (χ1v) is 40.4. The quantitative estimate of drug-likeness (QED) is 0.0343. The summed E-state index contributed by atoms with van der Waals surface area (Å²) in [5.74, 6) is -3.83. The van der Waals surface area contributed by atoms with Gasteiger partial charge in [-0.05, 0) is 50.5 Å². The molecule has 28 nitrogen and oxygen atoms in total. The van der Waals surface area contributed by atoms with Crippen molar-refractivity contribution in [1.29, 1.82) is 0 Å². The van der Waals surface area contributed by atoms with E-state index in [0.717, 1.165) is 24.9 Å². The van der Waals surface area contributed by atoms with Crippen LogP contribution in [0.3, 0.4) is 0 Å². The molecule has 0 saturated carbocycles. The van der Waals surface area contributed by atoms with Crippen molar-refractivity contribution < 1.29 is 81.7 Å². The van der Waals surface area contributed by atoms with Gasteiger partial charge in [-0.25, -0.2) is 77.2 Å². The zero-order valence-electron chi connectivity index (χ0n) is 55.7. The Morgan fingerprint density at radius 3 is 1.20 bits per heavy atom. The van der Waals surface area contributed by atoms with Crippen LogP contribution in [0.1, 0.15) is 69.1 Å². The number of benzene rings is 3. The molecule has 6 aliphatic rings. The van der Waals surface area contributed by atoms with Crippen molar-refractivity contribution in [3.63, 3.8) is 0 Å². The number of nitrogens with zero attached hydrogens (tertiary/aromatic N) is 10. The minimum Gasteiger partial charge on any atom is -0.468 e. The second-order valence-electron chi connectivity index (χ2n) is 23.4. The van der Waals surface area contributed by atoms with E-state index < -0.39 is 119 Å². The van der Waals surface area contributed by atoms with Gasteiger partial charge in [0.2, 0.25) is 29.1 Å². The number of aliphatic imine (C=N–C) groups is 3. The Bertz CT molecular complexity index is 4770. The molecule has 3 aromatic carbocycles. The van der Waals surface area contributed by atoms with E-state index in [1.54, 1.807) is 64.2 Å². The fourth-order valence-electron chi connectivity index (χ4n) is 11.7. The lowest BCUT2D eigenvalue weighted by molar-refractivity contribution is -0.138. The molecule has 558 valence electrons. The molecule has 0 aliphatic carbocycles. The van der Waals surface area contributed by atoms with E-state index in [2.05, 4.69) is 39.8 Å². The van der Waals surface area contributed by atoms with Gasteiger partial charge in [0.1, 0.15) is 35.6 Å². The number of hydrogen-bond acceptors (Lipinski definition) is 29. The summed E-state index contributed by atoms with van der Waals surface area (Å²) >= 11 is 23.1. The predicted molar refractivity (Wildman–Crippen MR) is 386 cm³/mol. The van der Waals surface area contributed by atoms with Crippen molar-refractivity contribution in [3.05, 3.63) is 187 Å². The number of ether oxygens (including phenoxy) is 4. The summed E-state index contributed by atoms with van der Waals surface area (Å²) in [5, 5.41) is 16.8. The number of esters is 4. The zero-order chi connectivity index (χ0) is 75.7. The topological polar surface area (TPSA) is 367 Å². The zero-order valence-corrected chi connectivity index (χ0v) is 63.6. The summed E-state index contributed by atoms with van der Waals surface area (Å²) in [6.07, 6.45) is 5.86. The number of thiazole rings is 3. The smallest absolute Gasteiger partial charge is 0.338 e. The first-order valence-electron chi connectivity index (χ1n) is 30.8. The summed E-state index contributed by atoms with van der Waals surface area (Å²) in [5.41, 5.74) is 10.2. The van der Waals surface area contributed by atoms with Crippen molar-refractivity contribution in [2.45, 2.75) is 55.5 Å². The Balaban J connectivity index is 0.000000172. The Kier molecular flexibility index (Phi) is 27.1. The molecule has 12 rings (SSSR count). The minimum absolute atomic E-state index is 0.0549. The maximum Gasteiger partial charge on any atom is 0.338 e. The third-order valence-corrected chi connectivity index (χ3v) is 23.1. The number of aromatic nitrogens is 3. The van der Waals surface area contributed by atoms with Gasteiger partial charge in [-0.3, -0.25) is 19.8 Å². The number of amidine groups is 3. The van der Waals surface area contributed by atoms with Gasteiger partial charge in [0.15, 0.2) is 38.3 Å². The Morgan fingerprint density at radius 1 is 0.567 bits per heavy atom. The van der Waals surface area contributed by atoms with E-state index in [4.69, 9.17) is 74.8 Å². The highest BCUT2D eigenvalue weighted by Gasteiger charge is 2.46. The third-order valence-electron chi connectivity index (χ3n) is 16.0. The van der Waals surface area contributed by atoms with Crippen molar-refractivity contribution in [1.82, 2.24) is 44.0 Å². The summed E-state index contributed by atoms with van der Waals surface area (Å²) in [7, 11) is 2.15. The summed E-state index contributed by atoms with van der Waals surface area (Å²) in [6, 6.07) is 8.07. The molecule has 6 atom stereocenters. The van der Waals surface area contributed by atoms with Crippen LogP contribution in [0.25, 0.3) is 0 Å². The number of rotatable bonds is 20. The van der Waals surface area contributed by atoms with E-state index >= 15 is 0 Å². The third kappa shape index (κ3) is 19.6. The highest BCUT2D eigenvalue weighted by atomic mass is 35.7. The Labute approximate surface area is 627 Å². The Morgan fingerprint density at radius 2 is 0.913 bits per heavy atom. The number of aliphatic hydroxyl groups is 1. The normalized spacial score (nSPS) is 20.0. The molecule has 6 aromatic rings. The van der Waals surface area contributed by atoms with Crippen molar-refractivity contribution >= 4 is 150 Å². The average molecular weight is 1640 g/mol. The maximum absolute atomic E-state index is 13.8. The molecule has 3 fully saturated rings. The molecule has 0 bridgehead atoms. The van der Waals surface area contributed by atoms with Crippen LogP contribution < -0.4 is 15.2 Å². The molecule has 9 heterocycles. The number of halogens is 7. The van der Waals surface area contributed by atoms with Crippen LogP contribution in [0.15, 0.2) is 138 Å². The van der Waals surface area contributed by atoms with Crippen molar-refractivity contribution in [3.8, 4) is 0 Å². The van der Waals surface area contributed by atoms with E-state index in [-0.39, 0.29) is 63.9 Å². The molecule has 6 aliphatic heterocycles. The molecule has 104 heavy (non-hydrogen) atoms. The van der Waals surface area contributed by atoms with Crippen molar-refractivity contribution in [2.24, 2.45) is 20.7 Å². The number of hydrogen-bond donors (Lipinski definition) is 4. The minimum atomic E-state index is -3.74. The number of carbonyl (C=O) groups excluding carboxylic acids is 4. The first kappa shape index (κ1) is 80.8. The summed E-state index contributed by atoms with van der Waals surface area (Å²) < 4.78 is 135. The molecule has 41 heteroatoms. The van der Waals surface area contributed by atoms with Crippen LogP contribution in [0, 0.1) is 17.5 Å². The number of sulfonamides is 2. The van der Waals surface area contributed by atoms with Gasteiger partial charge in [0.05, 0.1) is 63.3 Å². The van der Waals surface area contributed by atoms with E-state index in [1.165, 1.54) is 91.7 Å². The maximum atomic E-state index is 13.8. The summed E-state index contributed by atoms with van der Waals surface area (Å²) in [6.45, 7) is 0.845. The van der Waals surface area contributed by atoms with Gasteiger partial charge in [0.25, 0.3) is 0 Å². The molecular formula is C63H66Cl4F3N13O15S6. The van der Waals surface area contributed by atoms with Gasteiger partial charge in [0, 0.05) is 158 Å². The number of fused-ring (bicyclic) bond motifs is 3. The first-order chi connectivity index (χ1) is 49.3. The highest BCUT2D eigenvalue weighted by Crippen LogP contribution is 2.46. The van der Waals surface area contributed by atoms with Gasteiger partial charge in [-0.2, -0.15) is 0 Å². The highest BCUT2D eigenvalue weighted by molar-refractivity contribution is 8.14. The molecule has 3 aromatic heterocycles. The number of aliphatic hydroxyl groups excluding tert-OH is 1. The van der Waals surface area contributed by atoms with E-state index in [9.17, 15) is 57.6 Å². The fraction of sp³-hybridized carbons (Fsp3) is 0.365. The molecular weight excluding hydrogens is 1570 g/mol. The molecule has 3 saturated heterocycles. The second kappa shape index (κ2) is 34.9. The number of carbonyl (C=O) groups is 4. The van der Waals surface area contributed by atoms with Crippen LogP contribution in [0.5, 0.6) is 0 Å². The molecule has 0 radical (unpaired) electrons. The number of nitrogens with two attached hydrogens (primary N) is 1. The number of methoxy groups -OCH3 is 4. The Hall–Kier alpha value is -7.34. The van der Waals surface area contributed by atoms with Crippen LogP contribution in [0.4, 0.5) is 13.2 Å².